The fourth-order valence-corrected chi connectivity index (χ4v) is 6.42. The van der Waals surface area contributed by atoms with E-state index in [0.717, 1.165) is 28.1 Å². The van der Waals surface area contributed by atoms with Gasteiger partial charge in [-0.05, 0) is 83.1 Å². The van der Waals surface area contributed by atoms with Gasteiger partial charge in [-0.2, -0.15) is 0 Å². The highest BCUT2D eigenvalue weighted by molar-refractivity contribution is 9.11. The van der Waals surface area contributed by atoms with E-state index in [2.05, 4.69) is 47.8 Å². The quantitative estimate of drug-likeness (QED) is 0.327. The molecule has 0 aromatic heterocycles. The van der Waals surface area contributed by atoms with Crippen LogP contribution in [-0.4, -0.2) is 5.97 Å². The lowest BCUT2D eigenvalue weighted by Crippen LogP contribution is -2.11. The van der Waals surface area contributed by atoms with Crippen molar-refractivity contribution in [2.75, 3.05) is 0 Å². The second kappa shape index (κ2) is 8.30. The molecule has 0 bridgehead atoms. The van der Waals surface area contributed by atoms with E-state index in [1.165, 1.54) is 6.92 Å². The van der Waals surface area contributed by atoms with Crippen LogP contribution in [0.3, 0.4) is 0 Å². The fraction of sp³-hybridized carbons (Fsp3) is 0.0500. The summed E-state index contributed by atoms with van der Waals surface area (Å²) >= 11 is 10.5. The molecule has 3 aromatic rings. The molecule has 0 amide bonds. The monoisotopic (exact) mass is 556 g/mol. The summed E-state index contributed by atoms with van der Waals surface area (Å²) in [5, 5.41) is 0. The first-order chi connectivity index (χ1) is 12.4. The Morgan fingerprint density at radius 1 is 0.654 bits per heavy atom. The van der Waals surface area contributed by atoms with E-state index in [1.807, 2.05) is 72.8 Å². The predicted molar refractivity (Wildman–Crippen MR) is 117 cm³/mol. The van der Waals surface area contributed by atoms with Crippen molar-refractivity contribution in [2.24, 2.45) is 0 Å². The topological polar surface area (TPSA) is 26.3 Å². The molecular weight excluding hydrogens is 544 g/mol. The van der Waals surface area contributed by atoms with Gasteiger partial charge < -0.3 is 4.18 Å². The third-order valence-electron chi connectivity index (χ3n) is 3.68. The molecule has 0 fully saturated rings. The fourth-order valence-electron chi connectivity index (χ4n) is 2.61. The lowest BCUT2D eigenvalue weighted by Gasteiger charge is -2.39. The summed E-state index contributed by atoms with van der Waals surface area (Å²) in [6.45, 7) is 1.46. The second-order valence-corrected chi connectivity index (χ2v) is 10.9. The SMILES string of the molecule is CC(=O)OS(c1ccc(Br)cc1)(c1ccc(Br)cc1)c1ccc(Br)cc1. The Hall–Kier alpha value is -1.08. The third-order valence-corrected chi connectivity index (χ3v) is 8.56. The van der Waals surface area contributed by atoms with Gasteiger partial charge >= 0.3 is 5.97 Å². The Labute approximate surface area is 179 Å². The number of benzene rings is 3. The lowest BCUT2D eigenvalue weighted by molar-refractivity contribution is -0.131. The molecule has 0 saturated carbocycles. The Morgan fingerprint density at radius 3 is 1.15 bits per heavy atom. The van der Waals surface area contributed by atoms with Crippen LogP contribution < -0.4 is 0 Å². The molecule has 3 rings (SSSR count). The van der Waals surface area contributed by atoms with Crippen molar-refractivity contribution in [3.63, 3.8) is 0 Å². The van der Waals surface area contributed by atoms with Crippen LogP contribution in [0, 0.1) is 0 Å². The van der Waals surface area contributed by atoms with E-state index in [0.29, 0.717) is 0 Å². The Morgan fingerprint density at radius 2 is 0.923 bits per heavy atom. The van der Waals surface area contributed by atoms with Crippen molar-refractivity contribution in [3.8, 4) is 0 Å². The first kappa shape index (κ1) is 19.7. The minimum absolute atomic E-state index is 0.311. The zero-order valence-corrected chi connectivity index (χ0v) is 19.4. The molecule has 0 aliphatic heterocycles. The molecule has 0 atom stereocenters. The zero-order valence-electron chi connectivity index (χ0n) is 13.8. The maximum absolute atomic E-state index is 12.2. The zero-order chi connectivity index (χ0) is 18.7. The minimum atomic E-state index is -2.19. The van der Waals surface area contributed by atoms with E-state index in [-0.39, 0.29) is 5.97 Å². The van der Waals surface area contributed by atoms with Crippen molar-refractivity contribution in [3.05, 3.63) is 86.2 Å². The summed E-state index contributed by atoms with van der Waals surface area (Å²) < 4.78 is 9.04. The van der Waals surface area contributed by atoms with Gasteiger partial charge in [-0.3, -0.25) is 4.79 Å². The Bertz CT molecular complexity index is 796. The van der Waals surface area contributed by atoms with Gasteiger partial charge in [-0.15, -0.1) is 0 Å². The van der Waals surface area contributed by atoms with Crippen molar-refractivity contribution < 1.29 is 8.98 Å². The van der Waals surface area contributed by atoms with Crippen LogP contribution in [-0.2, 0) is 8.98 Å². The van der Waals surface area contributed by atoms with Crippen LogP contribution >= 0.6 is 58.1 Å². The molecule has 0 aliphatic rings. The summed E-state index contributed by atoms with van der Waals surface area (Å²) in [7, 11) is -2.19. The highest BCUT2D eigenvalue weighted by Gasteiger charge is 2.34. The van der Waals surface area contributed by atoms with E-state index in [9.17, 15) is 4.79 Å². The molecule has 134 valence electrons. The molecule has 0 unspecified atom stereocenters. The molecule has 26 heavy (non-hydrogen) atoms. The van der Waals surface area contributed by atoms with Crippen molar-refractivity contribution >= 4 is 64.1 Å². The maximum atomic E-state index is 12.2. The van der Waals surface area contributed by atoms with Crippen molar-refractivity contribution in [1.82, 2.24) is 0 Å². The highest BCUT2D eigenvalue weighted by atomic mass is 79.9. The van der Waals surface area contributed by atoms with Gasteiger partial charge in [0.05, 0.1) is 0 Å². The molecule has 0 spiro atoms. The van der Waals surface area contributed by atoms with Gasteiger partial charge in [0, 0.05) is 35.0 Å². The lowest BCUT2D eigenvalue weighted by atomic mass is 10.4. The van der Waals surface area contributed by atoms with Gasteiger partial charge in [0.15, 0.2) is 0 Å². The van der Waals surface area contributed by atoms with E-state index >= 15 is 0 Å². The molecule has 3 aromatic carbocycles. The normalized spacial score (nSPS) is 11.8. The second-order valence-electron chi connectivity index (χ2n) is 5.49. The Kier molecular flexibility index (Phi) is 6.28. The van der Waals surface area contributed by atoms with Crippen LogP contribution in [0.2, 0.25) is 0 Å². The van der Waals surface area contributed by atoms with Crippen molar-refractivity contribution in [2.45, 2.75) is 21.6 Å². The molecule has 0 heterocycles. The van der Waals surface area contributed by atoms with Gasteiger partial charge in [0.2, 0.25) is 0 Å². The first-order valence-corrected chi connectivity index (χ1v) is 11.7. The molecule has 0 N–H and O–H groups in total. The standard InChI is InChI=1S/C20H15Br3O2S/c1-14(24)25-26(18-8-2-15(21)3-9-18,19-10-4-16(22)5-11-19)20-12-6-17(23)7-13-20/h2-13H,1H3. The molecular formula is C20H15Br3O2S. The van der Waals surface area contributed by atoms with Crippen molar-refractivity contribution in [1.29, 1.82) is 0 Å². The summed E-state index contributed by atoms with van der Waals surface area (Å²) in [6, 6.07) is 23.9. The number of carbonyl (C=O) groups is 1. The van der Waals surface area contributed by atoms with Crippen LogP contribution in [0.4, 0.5) is 0 Å². The predicted octanol–water partition coefficient (Wildman–Crippen LogP) is 7.73. The summed E-state index contributed by atoms with van der Waals surface area (Å²) in [5.74, 6) is -0.311. The molecule has 2 nitrogen and oxygen atoms in total. The van der Waals surface area contributed by atoms with Crippen LogP contribution in [0.1, 0.15) is 6.92 Å². The maximum Gasteiger partial charge on any atom is 0.313 e. The first-order valence-electron chi connectivity index (χ1n) is 7.72. The average molecular weight is 559 g/mol. The highest BCUT2D eigenvalue weighted by Crippen LogP contribution is 2.69. The Balaban J connectivity index is 2.33. The van der Waals surface area contributed by atoms with E-state index in [1.54, 1.807) is 0 Å². The average Bonchev–Trinajstić information content (AvgIpc) is 2.62. The van der Waals surface area contributed by atoms with Crippen LogP contribution in [0.15, 0.2) is 101 Å². The van der Waals surface area contributed by atoms with Gasteiger partial charge in [-0.1, -0.05) is 47.8 Å². The summed E-state index contributed by atoms with van der Waals surface area (Å²) in [6.07, 6.45) is 0. The summed E-state index contributed by atoms with van der Waals surface area (Å²) in [5.41, 5.74) is 0. The largest absolute Gasteiger partial charge is 0.402 e. The number of hydrogen-bond acceptors (Lipinski definition) is 2. The van der Waals surface area contributed by atoms with E-state index in [4.69, 9.17) is 4.18 Å². The number of hydrogen-bond donors (Lipinski definition) is 0. The van der Waals surface area contributed by atoms with Gasteiger partial charge in [0.25, 0.3) is 0 Å². The molecule has 6 heteroatoms. The van der Waals surface area contributed by atoms with Crippen LogP contribution in [0.5, 0.6) is 0 Å². The summed E-state index contributed by atoms with van der Waals surface area (Å²) in [4.78, 5) is 15.0. The molecule has 0 radical (unpaired) electrons. The van der Waals surface area contributed by atoms with Gasteiger partial charge in [-0.25, -0.2) is 0 Å². The molecule has 0 saturated heterocycles. The minimum Gasteiger partial charge on any atom is -0.402 e. The third kappa shape index (κ3) is 4.09. The number of halogens is 3. The van der Waals surface area contributed by atoms with E-state index < -0.39 is 10.3 Å². The smallest absolute Gasteiger partial charge is 0.313 e. The number of carbonyl (C=O) groups excluding carboxylic acids is 1. The molecule has 0 aliphatic carbocycles. The van der Waals surface area contributed by atoms with Crippen LogP contribution in [0.25, 0.3) is 0 Å². The van der Waals surface area contributed by atoms with Gasteiger partial charge in [0.1, 0.15) is 0 Å². The number of rotatable bonds is 4.